The lowest BCUT2D eigenvalue weighted by atomic mass is 10.4. The number of aliphatic imine (C=N–C) groups is 1. The molecule has 0 spiro atoms. The van der Waals surface area contributed by atoms with E-state index >= 15 is 0 Å². The van der Waals surface area contributed by atoms with Gasteiger partial charge in [-0.25, -0.2) is 4.98 Å². The van der Waals surface area contributed by atoms with Gasteiger partial charge in [0.25, 0.3) is 0 Å². The Morgan fingerprint density at radius 2 is 2.12 bits per heavy atom. The molecule has 1 aromatic carbocycles. The van der Waals surface area contributed by atoms with Crippen LogP contribution in [0.3, 0.4) is 0 Å². The molecule has 1 aliphatic carbocycles. The predicted octanol–water partition coefficient (Wildman–Crippen LogP) is 2.15. The molecule has 0 radical (unpaired) electrons. The molecule has 1 aromatic heterocycles. The summed E-state index contributed by atoms with van der Waals surface area (Å²) >= 11 is 1.97. The highest BCUT2D eigenvalue weighted by Crippen LogP contribution is 2.51. The third kappa shape index (κ3) is 4.08. The molecule has 0 bridgehead atoms. The number of hydrogen-bond acceptors (Lipinski definition) is 4. The lowest BCUT2D eigenvalue weighted by Gasteiger charge is -2.24. The van der Waals surface area contributed by atoms with Gasteiger partial charge in [-0.05, 0) is 25.0 Å². The molecular formula is C17H24N6S. The van der Waals surface area contributed by atoms with E-state index in [9.17, 15) is 0 Å². The van der Waals surface area contributed by atoms with Gasteiger partial charge in [0, 0.05) is 37.3 Å². The smallest absolute Gasteiger partial charge is 0.193 e. The largest absolute Gasteiger partial charge is 0.355 e. The molecule has 1 saturated carbocycles. The molecular weight excluding hydrogens is 320 g/mol. The van der Waals surface area contributed by atoms with Crippen molar-refractivity contribution in [3.63, 3.8) is 0 Å². The molecule has 128 valence electrons. The Hall–Kier alpha value is -2.02. The number of benzene rings is 1. The Morgan fingerprint density at radius 1 is 1.38 bits per heavy atom. The van der Waals surface area contributed by atoms with Gasteiger partial charge >= 0.3 is 0 Å². The predicted molar refractivity (Wildman–Crippen MR) is 98.1 cm³/mol. The first kappa shape index (κ1) is 16.8. The first-order chi connectivity index (χ1) is 11.6. The van der Waals surface area contributed by atoms with Crippen molar-refractivity contribution >= 4 is 17.7 Å². The molecule has 1 aliphatic rings. The average Bonchev–Trinajstić information content (AvgIpc) is 3.23. The van der Waals surface area contributed by atoms with Crippen LogP contribution in [-0.4, -0.2) is 51.0 Å². The maximum Gasteiger partial charge on any atom is 0.193 e. The molecule has 0 saturated heterocycles. The Balaban J connectivity index is 1.55. The number of aromatic nitrogens is 3. The van der Waals surface area contributed by atoms with Gasteiger partial charge in [0.15, 0.2) is 5.96 Å². The van der Waals surface area contributed by atoms with Gasteiger partial charge < -0.3 is 10.2 Å². The number of guanidine groups is 1. The second-order valence-electron chi connectivity index (χ2n) is 6.15. The molecule has 24 heavy (non-hydrogen) atoms. The molecule has 0 atom stereocenters. The summed E-state index contributed by atoms with van der Waals surface area (Å²) in [6, 6.07) is 10.6. The second-order valence-corrected chi connectivity index (χ2v) is 7.70. The molecule has 0 amide bonds. The minimum Gasteiger partial charge on any atom is -0.355 e. The summed E-state index contributed by atoms with van der Waals surface area (Å²) in [7, 11) is 5.75. The van der Waals surface area contributed by atoms with E-state index in [0.717, 1.165) is 18.3 Å². The van der Waals surface area contributed by atoms with Crippen LogP contribution in [0.1, 0.15) is 18.7 Å². The zero-order valence-corrected chi connectivity index (χ0v) is 15.3. The van der Waals surface area contributed by atoms with Crippen LogP contribution in [0.25, 0.3) is 0 Å². The lowest BCUT2D eigenvalue weighted by molar-refractivity contribution is 0.448. The molecule has 0 aliphatic heterocycles. The summed E-state index contributed by atoms with van der Waals surface area (Å²) in [5, 5.41) is 7.63. The summed E-state index contributed by atoms with van der Waals surface area (Å²) in [6.45, 7) is 1.59. The van der Waals surface area contributed by atoms with Crippen LogP contribution in [0.4, 0.5) is 0 Å². The van der Waals surface area contributed by atoms with E-state index in [1.165, 1.54) is 17.7 Å². The quantitative estimate of drug-likeness (QED) is 0.643. The van der Waals surface area contributed by atoms with Crippen molar-refractivity contribution in [3.8, 4) is 0 Å². The summed E-state index contributed by atoms with van der Waals surface area (Å²) in [4.78, 5) is 12.1. The third-order valence-corrected chi connectivity index (χ3v) is 5.70. The maximum atomic E-state index is 4.40. The van der Waals surface area contributed by atoms with E-state index in [-0.39, 0.29) is 0 Å². The Labute approximate surface area is 147 Å². The van der Waals surface area contributed by atoms with Crippen molar-refractivity contribution in [1.82, 2.24) is 25.0 Å². The van der Waals surface area contributed by atoms with Crippen molar-refractivity contribution in [2.75, 3.05) is 20.6 Å². The molecule has 2 aromatic rings. The molecule has 1 N–H and O–H groups in total. The summed E-state index contributed by atoms with van der Waals surface area (Å²) in [6.07, 6.45) is 4.06. The van der Waals surface area contributed by atoms with Gasteiger partial charge in [-0.15, -0.1) is 11.8 Å². The van der Waals surface area contributed by atoms with Crippen LogP contribution >= 0.6 is 11.8 Å². The highest BCUT2D eigenvalue weighted by Gasteiger charge is 2.43. The SMILES string of the molecule is CN=C(NCC1(Sc2ccccc2)CC1)N(C)Cc1ncnn1C. The van der Waals surface area contributed by atoms with Gasteiger partial charge in [0.1, 0.15) is 12.2 Å². The van der Waals surface area contributed by atoms with Crippen LogP contribution in [0.5, 0.6) is 0 Å². The molecule has 6 nitrogen and oxygen atoms in total. The van der Waals surface area contributed by atoms with Gasteiger partial charge in [-0.2, -0.15) is 5.10 Å². The van der Waals surface area contributed by atoms with E-state index in [4.69, 9.17) is 0 Å². The van der Waals surface area contributed by atoms with Crippen molar-refractivity contribution in [2.45, 2.75) is 29.0 Å². The van der Waals surface area contributed by atoms with Gasteiger partial charge in [0.05, 0.1) is 6.54 Å². The number of aryl methyl sites for hydroxylation is 1. The Morgan fingerprint density at radius 3 is 2.71 bits per heavy atom. The van der Waals surface area contributed by atoms with Crippen molar-refractivity contribution in [2.24, 2.45) is 12.0 Å². The second kappa shape index (κ2) is 7.25. The normalized spacial score (nSPS) is 16.0. The molecule has 0 unspecified atom stereocenters. The fourth-order valence-corrected chi connectivity index (χ4v) is 3.81. The standard InChI is InChI=1S/C17H24N6S/c1-18-16(22(2)11-15-20-13-21-23(15)3)19-12-17(9-10-17)24-14-7-5-4-6-8-14/h4-8,13H,9-12H2,1-3H3,(H,18,19). The first-order valence-corrected chi connectivity index (χ1v) is 8.92. The number of hydrogen-bond donors (Lipinski definition) is 1. The first-order valence-electron chi connectivity index (χ1n) is 8.11. The number of rotatable bonds is 6. The fraction of sp³-hybridized carbons (Fsp3) is 0.471. The maximum absolute atomic E-state index is 4.40. The topological polar surface area (TPSA) is 58.3 Å². The zero-order chi connectivity index (χ0) is 17.0. The lowest BCUT2D eigenvalue weighted by Crippen LogP contribution is -2.42. The highest BCUT2D eigenvalue weighted by molar-refractivity contribution is 8.01. The molecule has 1 fully saturated rings. The minimum atomic E-state index is 0.295. The van der Waals surface area contributed by atoms with E-state index in [1.54, 1.807) is 11.0 Å². The summed E-state index contributed by atoms with van der Waals surface area (Å²) in [5.74, 6) is 1.80. The molecule has 3 rings (SSSR count). The number of nitrogens with one attached hydrogen (secondary N) is 1. The van der Waals surface area contributed by atoms with Crippen molar-refractivity contribution < 1.29 is 0 Å². The Bertz CT molecular complexity index is 692. The van der Waals surface area contributed by atoms with Crippen molar-refractivity contribution in [3.05, 3.63) is 42.5 Å². The Kier molecular flexibility index (Phi) is 5.08. The van der Waals surface area contributed by atoms with E-state index in [2.05, 4.69) is 55.6 Å². The average molecular weight is 344 g/mol. The summed E-state index contributed by atoms with van der Waals surface area (Å²) < 4.78 is 2.08. The third-order valence-electron chi connectivity index (χ3n) is 4.21. The minimum absolute atomic E-state index is 0.295. The van der Waals surface area contributed by atoms with Crippen LogP contribution in [0, 0.1) is 0 Å². The number of nitrogens with zero attached hydrogens (tertiary/aromatic N) is 5. The van der Waals surface area contributed by atoms with Gasteiger partial charge in [-0.3, -0.25) is 9.67 Å². The van der Waals surface area contributed by atoms with Crippen LogP contribution in [0.15, 0.2) is 46.5 Å². The monoisotopic (exact) mass is 344 g/mol. The fourth-order valence-electron chi connectivity index (χ4n) is 2.57. The van der Waals surface area contributed by atoms with E-state index in [0.29, 0.717) is 11.3 Å². The van der Waals surface area contributed by atoms with E-state index < -0.39 is 0 Å². The van der Waals surface area contributed by atoms with Gasteiger partial charge in [-0.1, -0.05) is 18.2 Å². The molecule has 1 heterocycles. The zero-order valence-electron chi connectivity index (χ0n) is 14.4. The van der Waals surface area contributed by atoms with E-state index in [1.807, 2.05) is 32.9 Å². The summed E-state index contributed by atoms with van der Waals surface area (Å²) in [5.41, 5.74) is 0. The molecule has 7 heteroatoms. The van der Waals surface area contributed by atoms with Crippen LogP contribution in [-0.2, 0) is 13.6 Å². The van der Waals surface area contributed by atoms with Gasteiger partial charge in [0.2, 0.25) is 0 Å². The van der Waals surface area contributed by atoms with Crippen molar-refractivity contribution in [1.29, 1.82) is 0 Å². The van der Waals surface area contributed by atoms with Crippen LogP contribution < -0.4 is 5.32 Å². The highest BCUT2D eigenvalue weighted by atomic mass is 32.2. The number of thioether (sulfide) groups is 1. The van der Waals surface area contributed by atoms with Crippen LogP contribution in [0.2, 0.25) is 0 Å².